The van der Waals surface area contributed by atoms with Crippen LogP contribution in [-0.4, -0.2) is 39.3 Å². The molecule has 1 saturated heterocycles. The van der Waals surface area contributed by atoms with Gasteiger partial charge in [0, 0.05) is 26.1 Å². The molecule has 1 rings (SSSR count). The van der Waals surface area contributed by atoms with Crippen LogP contribution in [0.15, 0.2) is 0 Å². The minimum atomic E-state index is 0.130. The number of amides is 1. The zero-order valence-electron chi connectivity index (χ0n) is 8.84. The smallest absolute Gasteiger partial charge is 0.221 e. The fourth-order valence-electron chi connectivity index (χ4n) is 1.55. The first-order chi connectivity index (χ1) is 6.83. The average Bonchev–Trinajstić information content (AvgIpc) is 2.25. The molecular weight excluding hydrogens is 180 g/mol. The second kappa shape index (κ2) is 6.79. The zero-order chi connectivity index (χ0) is 10.2. The minimum Gasteiger partial charge on any atom is -0.381 e. The van der Waals surface area contributed by atoms with Gasteiger partial charge in [-0.1, -0.05) is 0 Å². The lowest BCUT2D eigenvalue weighted by molar-refractivity contribution is -0.121. The van der Waals surface area contributed by atoms with Crippen molar-refractivity contribution in [3.63, 3.8) is 0 Å². The fraction of sp³-hybridized carbons (Fsp3) is 0.900. The molecule has 1 atom stereocenters. The summed E-state index contributed by atoms with van der Waals surface area (Å²) in [4.78, 5) is 11.3. The Kier molecular flexibility index (Phi) is 5.56. The van der Waals surface area contributed by atoms with Gasteiger partial charge in [-0.15, -0.1) is 0 Å². The van der Waals surface area contributed by atoms with Crippen molar-refractivity contribution in [3.8, 4) is 0 Å². The molecular formula is C10H20N2O2. The minimum absolute atomic E-state index is 0.130. The Balaban J connectivity index is 2.03. The number of hydrogen-bond acceptors (Lipinski definition) is 3. The first-order valence-corrected chi connectivity index (χ1v) is 5.32. The van der Waals surface area contributed by atoms with Crippen LogP contribution in [0.5, 0.6) is 0 Å². The van der Waals surface area contributed by atoms with Gasteiger partial charge in [-0.3, -0.25) is 4.79 Å². The lowest BCUT2D eigenvalue weighted by Crippen LogP contribution is -2.34. The number of carbonyl (C=O) groups excluding carboxylic acids is 1. The number of hydrogen-bond donors (Lipinski definition) is 2. The molecule has 4 heteroatoms. The molecule has 2 N–H and O–H groups in total. The summed E-state index contributed by atoms with van der Waals surface area (Å²) in [6, 6.07) is 0. The number of carbonyl (C=O) groups is 1. The lowest BCUT2D eigenvalue weighted by atomic mass is 10.0. The molecule has 0 aliphatic carbocycles. The predicted octanol–water partition coefficient (Wildman–Crippen LogP) is 0.139. The molecule has 1 aliphatic heterocycles. The third-order valence-electron chi connectivity index (χ3n) is 2.44. The molecule has 1 heterocycles. The van der Waals surface area contributed by atoms with E-state index in [1.807, 2.05) is 7.05 Å². The first-order valence-electron chi connectivity index (χ1n) is 5.32. The Bertz CT molecular complexity index is 168. The highest BCUT2D eigenvalue weighted by Gasteiger charge is 2.14. The van der Waals surface area contributed by atoms with Gasteiger partial charge in [0.15, 0.2) is 0 Å². The van der Waals surface area contributed by atoms with Crippen LogP contribution in [0, 0.1) is 5.92 Å². The van der Waals surface area contributed by atoms with Gasteiger partial charge in [-0.05, 0) is 25.8 Å². The van der Waals surface area contributed by atoms with Crippen LogP contribution in [0.2, 0.25) is 0 Å². The summed E-state index contributed by atoms with van der Waals surface area (Å²) in [7, 11) is 1.85. The first kappa shape index (κ1) is 11.5. The van der Waals surface area contributed by atoms with Crippen LogP contribution in [0.3, 0.4) is 0 Å². The number of nitrogens with one attached hydrogen (secondary N) is 2. The molecule has 0 spiro atoms. The van der Waals surface area contributed by atoms with E-state index >= 15 is 0 Å². The maximum absolute atomic E-state index is 11.3. The van der Waals surface area contributed by atoms with Crippen LogP contribution < -0.4 is 10.6 Å². The van der Waals surface area contributed by atoms with Crippen molar-refractivity contribution < 1.29 is 9.53 Å². The third kappa shape index (κ3) is 4.58. The summed E-state index contributed by atoms with van der Waals surface area (Å²) in [5, 5.41) is 5.88. The molecule has 0 radical (unpaired) electrons. The summed E-state index contributed by atoms with van der Waals surface area (Å²) in [5.41, 5.74) is 0. The van der Waals surface area contributed by atoms with Crippen molar-refractivity contribution in [1.82, 2.24) is 10.6 Å². The molecule has 1 unspecified atom stereocenters. The highest BCUT2D eigenvalue weighted by Crippen LogP contribution is 2.11. The molecule has 1 fully saturated rings. The largest absolute Gasteiger partial charge is 0.381 e. The van der Waals surface area contributed by atoms with Gasteiger partial charge in [-0.25, -0.2) is 0 Å². The van der Waals surface area contributed by atoms with Gasteiger partial charge in [0.25, 0.3) is 0 Å². The monoisotopic (exact) mass is 200 g/mol. The fourth-order valence-corrected chi connectivity index (χ4v) is 1.55. The van der Waals surface area contributed by atoms with Crippen LogP contribution in [0.25, 0.3) is 0 Å². The molecule has 0 bridgehead atoms. The van der Waals surface area contributed by atoms with E-state index in [-0.39, 0.29) is 5.91 Å². The van der Waals surface area contributed by atoms with Crippen LogP contribution in [0.1, 0.15) is 19.3 Å². The Hall–Kier alpha value is -0.610. The molecule has 1 aliphatic rings. The van der Waals surface area contributed by atoms with Crippen molar-refractivity contribution in [1.29, 1.82) is 0 Å². The normalized spacial score (nSPS) is 21.9. The molecule has 4 nitrogen and oxygen atoms in total. The van der Waals surface area contributed by atoms with Crippen LogP contribution >= 0.6 is 0 Å². The molecule has 14 heavy (non-hydrogen) atoms. The standard InChI is InChI=1S/C10H20N2O2/c1-11-5-4-10(13)12-7-9-3-2-6-14-8-9/h9,11H,2-8H2,1H3,(H,12,13). The van der Waals surface area contributed by atoms with Gasteiger partial charge in [0.05, 0.1) is 6.61 Å². The highest BCUT2D eigenvalue weighted by atomic mass is 16.5. The van der Waals surface area contributed by atoms with Gasteiger partial charge in [0.2, 0.25) is 5.91 Å². The zero-order valence-corrected chi connectivity index (χ0v) is 8.84. The van der Waals surface area contributed by atoms with E-state index in [0.717, 1.165) is 32.7 Å². The van der Waals surface area contributed by atoms with Gasteiger partial charge < -0.3 is 15.4 Å². The van der Waals surface area contributed by atoms with Crippen molar-refractivity contribution in [2.75, 3.05) is 33.4 Å². The van der Waals surface area contributed by atoms with E-state index in [1.165, 1.54) is 6.42 Å². The topological polar surface area (TPSA) is 50.4 Å². The summed E-state index contributed by atoms with van der Waals surface area (Å²) in [6.07, 6.45) is 2.85. The predicted molar refractivity (Wildman–Crippen MR) is 55.1 cm³/mol. The number of ether oxygens (including phenoxy) is 1. The van der Waals surface area contributed by atoms with E-state index in [4.69, 9.17) is 4.74 Å². The summed E-state index contributed by atoms with van der Waals surface area (Å²) >= 11 is 0. The van der Waals surface area contributed by atoms with E-state index in [9.17, 15) is 4.79 Å². The molecule has 0 aromatic heterocycles. The van der Waals surface area contributed by atoms with Crippen molar-refractivity contribution in [2.45, 2.75) is 19.3 Å². The third-order valence-corrected chi connectivity index (χ3v) is 2.44. The number of rotatable bonds is 5. The maximum atomic E-state index is 11.3. The van der Waals surface area contributed by atoms with Crippen LogP contribution in [0.4, 0.5) is 0 Å². The maximum Gasteiger partial charge on any atom is 0.221 e. The quantitative estimate of drug-likeness (QED) is 0.663. The van der Waals surface area contributed by atoms with E-state index in [1.54, 1.807) is 0 Å². The van der Waals surface area contributed by atoms with E-state index in [2.05, 4.69) is 10.6 Å². The van der Waals surface area contributed by atoms with Crippen molar-refractivity contribution in [2.24, 2.45) is 5.92 Å². The second-order valence-corrected chi connectivity index (χ2v) is 3.74. The molecule has 1 amide bonds. The molecule has 0 aromatic rings. The second-order valence-electron chi connectivity index (χ2n) is 3.74. The van der Waals surface area contributed by atoms with E-state index < -0.39 is 0 Å². The Morgan fingerprint density at radius 3 is 3.07 bits per heavy atom. The highest BCUT2D eigenvalue weighted by molar-refractivity contribution is 5.76. The summed E-state index contributed by atoms with van der Waals surface area (Å²) in [6.45, 7) is 3.19. The van der Waals surface area contributed by atoms with Crippen LogP contribution in [-0.2, 0) is 9.53 Å². The Morgan fingerprint density at radius 1 is 1.57 bits per heavy atom. The van der Waals surface area contributed by atoms with E-state index in [0.29, 0.717) is 12.3 Å². The van der Waals surface area contributed by atoms with Gasteiger partial charge in [-0.2, -0.15) is 0 Å². The molecule has 0 aromatic carbocycles. The SMILES string of the molecule is CNCCC(=O)NCC1CCCOC1. The van der Waals surface area contributed by atoms with Crippen molar-refractivity contribution in [3.05, 3.63) is 0 Å². The lowest BCUT2D eigenvalue weighted by Gasteiger charge is -2.22. The molecule has 0 saturated carbocycles. The Morgan fingerprint density at radius 2 is 2.43 bits per heavy atom. The molecule has 82 valence electrons. The Labute approximate surface area is 85.4 Å². The van der Waals surface area contributed by atoms with Gasteiger partial charge >= 0.3 is 0 Å². The average molecular weight is 200 g/mol. The van der Waals surface area contributed by atoms with Crippen molar-refractivity contribution >= 4 is 5.91 Å². The van der Waals surface area contributed by atoms with Gasteiger partial charge in [0.1, 0.15) is 0 Å². The summed E-state index contributed by atoms with van der Waals surface area (Å²) < 4.78 is 5.33. The summed E-state index contributed by atoms with van der Waals surface area (Å²) in [5.74, 6) is 0.646.